The minimum atomic E-state index is -0.525. The molecule has 18 heavy (non-hydrogen) atoms. The van der Waals surface area contributed by atoms with E-state index in [0.717, 1.165) is 18.1 Å². The highest BCUT2D eigenvalue weighted by molar-refractivity contribution is 5.95. The zero-order valence-electron chi connectivity index (χ0n) is 10.00. The van der Waals surface area contributed by atoms with E-state index in [-0.39, 0.29) is 12.3 Å². The minimum Gasteiger partial charge on any atom is -0.393 e. The zero-order valence-corrected chi connectivity index (χ0v) is 10.00. The number of allylic oxidation sites excluding steroid dienone is 2. The monoisotopic (exact) mass is 250 g/mol. The van der Waals surface area contributed by atoms with Crippen LogP contribution >= 0.6 is 0 Å². The fourth-order valence-electron chi connectivity index (χ4n) is 2.76. The summed E-state index contributed by atoms with van der Waals surface area (Å²) in [5.74, 6) is -2.58. The number of rotatable bonds is 3. The molecule has 5 nitrogen and oxygen atoms in total. The van der Waals surface area contributed by atoms with Crippen LogP contribution in [0.15, 0.2) is 11.6 Å². The van der Waals surface area contributed by atoms with Crippen LogP contribution < -0.4 is 0 Å². The molecule has 0 bridgehead atoms. The molecule has 0 aromatic carbocycles. The fourth-order valence-corrected chi connectivity index (χ4v) is 2.76. The highest BCUT2D eigenvalue weighted by atomic mass is 16.6. The van der Waals surface area contributed by atoms with Crippen molar-refractivity contribution >= 4 is 24.5 Å². The molecule has 0 radical (unpaired) electrons. The van der Waals surface area contributed by atoms with Gasteiger partial charge in [0, 0.05) is 11.8 Å². The molecule has 0 N–H and O–H groups in total. The Morgan fingerprint density at radius 3 is 2.50 bits per heavy atom. The van der Waals surface area contributed by atoms with E-state index >= 15 is 0 Å². The van der Waals surface area contributed by atoms with E-state index in [9.17, 15) is 19.2 Å². The lowest BCUT2D eigenvalue weighted by Crippen LogP contribution is -2.31. The van der Waals surface area contributed by atoms with Crippen LogP contribution in [0.1, 0.15) is 19.8 Å². The molecule has 4 unspecified atom stereocenters. The lowest BCUT2D eigenvalue weighted by Gasteiger charge is -2.30. The molecule has 0 aromatic rings. The lowest BCUT2D eigenvalue weighted by molar-refractivity contribution is -0.153. The molecule has 1 aliphatic carbocycles. The Morgan fingerprint density at radius 2 is 2.00 bits per heavy atom. The second-order valence-corrected chi connectivity index (χ2v) is 4.88. The molecule has 0 amide bonds. The summed E-state index contributed by atoms with van der Waals surface area (Å²) in [6, 6.07) is 0. The van der Waals surface area contributed by atoms with Crippen LogP contribution in [0.25, 0.3) is 0 Å². The fraction of sp³-hybridized carbons (Fsp3) is 0.538. The number of ether oxygens (including phenoxy) is 1. The maximum absolute atomic E-state index is 11.5. The first-order valence-electron chi connectivity index (χ1n) is 5.90. The first-order valence-corrected chi connectivity index (χ1v) is 5.90. The van der Waals surface area contributed by atoms with Crippen LogP contribution in [0.5, 0.6) is 0 Å². The van der Waals surface area contributed by atoms with Crippen molar-refractivity contribution in [1.29, 1.82) is 0 Å². The minimum absolute atomic E-state index is 0.0601. The van der Waals surface area contributed by atoms with Crippen molar-refractivity contribution in [3.63, 3.8) is 0 Å². The number of aldehydes is 2. The average Bonchev–Trinajstić information content (AvgIpc) is 2.67. The van der Waals surface area contributed by atoms with Gasteiger partial charge in [-0.1, -0.05) is 11.6 Å². The predicted octanol–water partition coefficient (Wildman–Crippen LogP) is 0.672. The number of esters is 2. The molecular weight excluding hydrogens is 236 g/mol. The van der Waals surface area contributed by atoms with Crippen molar-refractivity contribution in [3.8, 4) is 0 Å². The van der Waals surface area contributed by atoms with Crippen molar-refractivity contribution in [2.75, 3.05) is 0 Å². The summed E-state index contributed by atoms with van der Waals surface area (Å²) in [5.41, 5.74) is 0.783. The Bertz CT molecular complexity index is 437. The van der Waals surface area contributed by atoms with Gasteiger partial charge in [-0.15, -0.1) is 0 Å². The van der Waals surface area contributed by atoms with E-state index in [0.29, 0.717) is 6.42 Å². The Kier molecular flexibility index (Phi) is 3.41. The second-order valence-electron chi connectivity index (χ2n) is 4.88. The molecule has 0 saturated carbocycles. The van der Waals surface area contributed by atoms with E-state index < -0.39 is 29.7 Å². The molecule has 96 valence electrons. The molecule has 0 aromatic heterocycles. The van der Waals surface area contributed by atoms with Gasteiger partial charge in [0.2, 0.25) is 0 Å². The van der Waals surface area contributed by atoms with E-state index in [1.807, 2.05) is 6.08 Å². The van der Waals surface area contributed by atoms with E-state index in [4.69, 9.17) is 0 Å². The molecular formula is C13H14O5. The van der Waals surface area contributed by atoms with Crippen LogP contribution in [0.2, 0.25) is 0 Å². The van der Waals surface area contributed by atoms with Gasteiger partial charge >= 0.3 is 11.9 Å². The molecule has 1 heterocycles. The van der Waals surface area contributed by atoms with Crippen molar-refractivity contribution in [2.24, 2.45) is 23.7 Å². The van der Waals surface area contributed by atoms with Gasteiger partial charge in [-0.05, 0) is 19.3 Å². The van der Waals surface area contributed by atoms with Gasteiger partial charge in [-0.25, -0.2) is 0 Å². The topological polar surface area (TPSA) is 77.5 Å². The number of hydrogen-bond donors (Lipinski definition) is 0. The van der Waals surface area contributed by atoms with E-state index in [1.165, 1.54) is 0 Å². The zero-order chi connectivity index (χ0) is 13.3. The lowest BCUT2D eigenvalue weighted by atomic mass is 9.72. The van der Waals surface area contributed by atoms with Crippen LogP contribution in [-0.4, -0.2) is 24.5 Å². The van der Waals surface area contributed by atoms with Crippen LogP contribution in [0.4, 0.5) is 0 Å². The SMILES string of the molecule is CC1=CC(C2CC(=O)OC2=O)CC(C=O)C1C=O. The number of hydrogen-bond acceptors (Lipinski definition) is 5. The Morgan fingerprint density at radius 1 is 1.28 bits per heavy atom. The number of carbonyl (C=O) groups excluding carboxylic acids is 4. The maximum Gasteiger partial charge on any atom is 0.317 e. The van der Waals surface area contributed by atoms with E-state index in [2.05, 4.69) is 4.74 Å². The van der Waals surface area contributed by atoms with Crippen molar-refractivity contribution < 1.29 is 23.9 Å². The van der Waals surface area contributed by atoms with Crippen molar-refractivity contribution in [1.82, 2.24) is 0 Å². The molecule has 0 spiro atoms. The molecule has 2 rings (SSSR count). The predicted molar refractivity (Wildman–Crippen MR) is 60.2 cm³/mol. The summed E-state index contributed by atoms with van der Waals surface area (Å²) in [5, 5.41) is 0. The van der Waals surface area contributed by atoms with Crippen molar-refractivity contribution in [3.05, 3.63) is 11.6 Å². The summed E-state index contributed by atoms with van der Waals surface area (Å²) >= 11 is 0. The van der Waals surface area contributed by atoms with E-state index in [1.54, 1.807) is 6.92 Å². The summed E-state index contributed by atoms with van der Waals surface area (Å²) < 4.78 is 4.52. The van der Waals surface area contributed by atoms with Crippen LogP contribution in [0, 0.1) is 23.7 Å². The molecule has 1 fully saturated rings. The number of carbonyl (C=O) groups is 4. The smallest absolute Gasteiger partial charge is 0.317 e. The molecule has 2 aliphatic rings. The largest absolute Gasteiger partial charge is 0.393 e. The van der Waals surface area contributed by atoms with Gasteiger partial charge in [-0.2, -0.15) is 0 Å². The average molecular weight is 250 g/mol. The van der Waals surface area contributed by atoms with Gasteiger partial charge < -0.3 is 14.3 Å². The van der Waals surface area contributed by atoms with Crippen molar-refractivity contribution in [2.45, 2.75) is 19.8 Å². The molecule has 5 heteroatoms. The highest BCUT2D eigenvalue weighted by Gasteiger charge is 2.42. The van der Waals surface area contributed by atoms with Gasteiger partial charge in [0.15, 0.2) is 0 Å². The van der Waals surface area contributed by atoms with Gasteiger partial charge in [-0.3, -0.25) is 9.59 Å². The maximum atomic E-state index is 11.5. The summed E-state index contributed by atoms with van der Waals surface area (Å²) in [7, 11) is 0. The molecule has 1 saturated heterocycles. The van der Waals surface area contributed by atoms with Crippen LogP contribution in [0.3, 0.4) is 0 Å². The Balaban J connectivity index is 2.23. The normalized spacial score (nSPS) is 35.9. The van der Waals surface area contributed by atoms with Gasteiger partial charge in [0.25, 0.3) is 0 Å². The van der Waals surface area contributed by atoms with Gasteiger partial charge in [0.1, 0.15) is 12.6 Å². The first-order chi connectivity index (χ1) is 8.56. The summed E-state index contributed by atoms with van der Waals surface area (Å²) in [6.07, 6.45) is 3.81. The molecule has 4 atom stereocenters. The van der Waals surface area contributed by atoms with Crippen LogP contribution in [-0.2, 0) is 23.9 Å². The number of cyclic esters (lactones) is 2. The quantitative estimate of drug-likeness (QED) is 0.318. The third kappa shape index (κ3) is 2.12. The standard InChI is InChI=1S/C13H14O5/c1-7-2-8(3-9(5-14)11(7)6-15)10-4-12(16)18-13(10)17/h2,5-6,8-11H,3-4H2,1H3. The molecule has 1 aliphatic heterocycles. The third-order valence-electron chi connectivity index (χ3n) is 3.75. The van der Waals surface area contributed by atoms with Gasteiger partial charge in [0.05, 0.1) is 12.3 Å². The second kappa shape index (κ2) is 4.84. The summed E-state index contributed by atoms with van der Waals surface area (Å²) in [4.78, 5) is 44.5. The Hall–Kier alpha value is -1.78. The Labute approximate surface area is 104 Å². The highest BCUT2D eigenvalue weighted by Crippen LogP contribution is 2.38. The first kappa shape index (κ1) is 12.7. The summed E-state index contributed by atoms with van der Waals surface area (Å²) in [6.45, 7) is 1.77. The third-order valence-corrected chi connectivity index (χ3v) is 3.75.